The summed E-state index contributed by atoms with van der Waals surface area (Å²) in [5.74, 6) is -0.660. The minimum absolute atomic E-state index is 0.337. The minimum Gasteiger partial charge on any atom is -0.480 e. The number of nitrogens with one attached hydrogen (secondary N) is 1. The Bertz CT molecular complexity index is 946. The molecule has 2 aromatic carbocycles. The van der Waals surface area contributed by atoms with Gasteiger partial charge in [0.15, 0.2) is 0 Å². The largest absolute Gasteiger partial charge is 0.480 e. The molecule has 0 saturated carbocycles. The summed E-state index contributed by atoms with van der Waals surface area (Å²) in [7, 11) is 0. The van der Waals surface area contributed by atoms with Gasteiger partial charge in [0.05, 0.1) is 0 Å². The van der Waals surface area contributed by atoms with Crippen LogP contribution in [0.5, 0.6) is 0 Å². The van der Waals surface area contributed by atoms with Crippen LogP contribution in [0.25, 0.3) is 11.1 Å². The number of carbonyl (C=O) groups excluding carboxylic acids is 1. The molecule has 32 heavy (non-hydrogen) atoms. The Morgan fingerprint density at radius 2 is 2.00 bits per heavy atom. The number of benzene rings is 2. The molecule has 1 unspecified atom stereocenters. The van der Waals surface area contributed by atoms with Crippen molar-refractivity contribution in [2.45, 2.75) is 58.2 Å². The predicted octanol–water partition coefficient (Wildman–Crippen LogP) is 4.97. The molecule has 3 rings (SSSR count). The van der Waals surface area contributed by atoms with Gasteiger partial charge < -0.3 is 10.4 Å². The molecule has 0 spiro atoms. The van der Waals surface area contributed by atoms with E-state index in [4.69, 9.17) is 0 Å². The molecule has 1 aliphatic heterocycles. The topological polar surface area (TPSA) is 69.6 Å². The van der Waals surface area contributed by atoms with E-state index in [1.165, 1.54) is 18.4 Å². The molecule has 1 heterocycles. The molecular weight excluding hydrogens is 420 g/mol. The fourth-order valence-electron chi connectivity index (χ4n) is 4.51. The van der Waals surface area contributed by atoms with Crippen molar-refractivity contribution in [1.29, 1.82) is 0 Å². The number of carbonyl (C=O) groups is 2. The maximum atomic E-state index is 13.2. The zero-order valence-electron chi connectivity index (χ0n) is 19.3. The monoisotopic (exact) mass is 454 g/mol. The third-order valence-corrected chi connectivity index (χ3v) is 6.98. The number of nitrogens with zero attached hydrogens (tertiary/aromatic N) is 1. The highest BCUT2D eigenvalue weighted by molar-refractivity contribution is 7.98. The minimum atomic E-state index is -0.999. The van der Waals surface area contributed by atoms with E-state index >= 15 is 0 Å². The average molecular weight is 455 g/mol. The van der Waals surface area contributed by atoms with Crippen LogP contribution in [0.1, 0.15) is 54.1 Å². The van der Waals surface area contributed by atoms with Gasteiger partial charge in [0.25, 0.3) is 5.91 Å². The molecule has 2 aromatic rings. The molecule has 172 valence electrons. The summed E-state index contributed by atoms with van der Waals surface area (Å²) in [5.41, 5.74) is 4.65. The van der Waals surface area contributed by atoms with E-state index in [0.29, 0.717) is 23.8 Å². The van der Waals surface area contributed by atoms with Gasteiger partial charge in [0, 0.05) is 18.2 Å². The first kappa shape index (κ1) is 24.3. The van der Waals surface area contributed by atoms with Crippen molar-refractivity contribution in [2.24, 2.45) is 0 Å². The first-order valence-corrected chi connectivity index (χ1v) is 12.8. The van der Waals surface area contributed by atoms with E-state index in [9.17, 15) is 14.7 Å². The van der Waals surface area contributed by atoms with Gasteiger partial charge in [0.2, 0.25) is 0 Å². The standard InChI is InChI=1S/C26H34N2O3S/c1-4-20-9-7-14-28(20)17-19-11-12-22(23(16-19)21-10-6-5-8-18(21)2)25(29)27-24(26(30)31)13-15-32-3/h5-6,8,10-12,16,20,24H,4,7,9,13-15,17H2,1-3H3,(H,27,29)(H,30,31)/t20-,24?/m0/s1. The zero-order chi connectivity index (χ0) is 23.1. The second-order valence-corrected chi connectivity index (χ2v) is 9.50. The Kier molecular flexibility index (Phi) is 8.76. The molecule has 0 aliphatic carbocycles. The number of likely N-dealkylation sites (tertiary alicyclic amines) is 1. The number of carboxylic acid groups (broad SMARTS) is 1. The van der Waals surface area contributed by atoms with Crippen molar-refractivity contribution >= 4 is 23.6 Å². The molecule has 2 atom stereocenters. The molecular formula is C26H34N2O3S. The predicted molar refractivity (Wildman–Crippen MR) is 132 cm³/mol. The Balaban J connectivity index is 1.93. The van der Waals surface area contributed by atoms with Crippen molar-refractivity contribution in [3.05, 3.63) is 59.2 Å². The van der Waals surface area contributed by atoms with Crippen LogP contribution in [0.3, 0.4) is 0 Å². The maximum Gasteiger partial charge on any atom is 0.326 e. The number of hydrogen-bond acceptors (Lipinski definition) is 4. The molecule has 1 amide bonds. The SMILES string of the molecule is CC[C@H]1CCCN1Cc1ccc(C(=O)NC(CCSC)C(=O)O)c(-c2ccccc2C)c1. The number of thioether (sulfide) groups is 1. The van der Waals surface area contributed by atoms with E-state index in [0.717, 1.165) is 36.2 Å². The average Bonchev–Trinajstić information content (AvgIpc) is 3.23. The fraction of sp³-hybridized carbons (Fsp3) is 0.462. The lowest BCUT2D eigenvalue weighted by atomic mass is 9.93. The Morgan fingerprint density at radius 1 is 1.22 bits per heavy atom. The van der Waals surface area contributed by atoms with Gasteiger partial charge >= 0.3 is 5.97 Å². The van der Waals surface area contributed by atoms with Gasteiger partial charge in [-0.05, 0) is 85.5 Å². The van der Waals surface area contributed by atoms with Gasteiger partial charge in [0.1, 0.15) is 6.04 Å². The van der Waals surface area contributed by atoms with E-state index in [2.05, 4.69) is 23.2 Å². The summed E-state index contributed by atoms with van der Waals surface area (Å²) >= 11 is 1.57. The lowest BCUT2D eigenvalue weighted by Gasteiger charge is -2.24. The first-order chi connectivity index (χ1) is 15.4. The third kappa shape index (κ3) is 5.93. The number of aliphatic carboxylic acids is 1. The molecule has 0 aromatic heterocycles. The summed E-state index contributed by atoms with van der Waals surface area (Å²) in [4.78, 5) is 27.4. The Morgan fingerprint density at radius 3 is 2.69 bits per heavy atom. The summed E-state index contributed by atoms with van der Waals surface area (Å²) in [6, 6.07) is 13.7. The summed E-state index contributed by atoms with van der Waals surface area (Å²) < 4.78 is 0. The van der Waals surface area contributed by atoms with Crippen molar-refractivity contribution in [3.63, 3.8) is 0 Å². The first-order valence-electron chi connectivity index (χ1n) is 11.4. The van der Waals surface area contributed by atoms with E-state index in [1.54, 1.807) is 11.8 Å². The van der Waals surface area contributed by atoms with Crippen molar-refractivity contribution in [2.75, 3.05) is 18.6 Å². The zero-order valence-corrected chi connectivity index (χ0v) is 20.1. The van der Waals surface area contributed by atoms with Crippen LogP contribution in [-0.2, 0) is 11.3 Å². The highest BCUT2D eigenvalue weighted by Crippen LogP contribution is 2.30. The highest BCUT2D eigenvalue weighted by atomic mass is 32.2. The molecule has 6 heteroatoms. The van der Waals surface area contributed by atoms with Gasteiger partial charge in [-0.15, -0.1) is 0 Å². The summed E-state index contributed by atoms with van der Waals surface area (Å²) in [6.07, 6.45) is 5.95. The summed E-state index contributed by atoms with van der Waals surface area (Å²) in [5, 5.41) is 12.3. The highest BCUT2D eigenvalue weighted by Gasteiger charge is 2.25. The van der Waals surface area contributed by atoms with Gasteiger partial charge in [-0.3, -0.25) is 9.69 Å². The number of hydrogen-bond donors (Lipinski definition) is 2. The van der Waals surface area contributed by atoms with Crippen molar-refractivity contribution < 1.29 is 14.7 Å². The van der Waals surface area contributed by atoms with Crippen molar-refractivity contribution in [1.82, 2.24) is 10.2 Å². The van der Waals surface area contributed by atoms with Crippen LogP contribution in [-0.4, -0.2) is 52.5 Å². The van der Waals surface area contributed by atoms with Crippen LogP contribution >= 0.6 is 11.8 Å². The van der Waals surface area contributed by atoms with E-state index in [1.807, 2.05) is 49.6 Å². The van der Waals surface area contributed by atoms with Crippen LogP contribution in [0.2, 0.25) is 0 Å². The van der Waals surface area contributed by atoms with Crippen LogP contribution in [0.4, 0.5) is 0 Å². The second-order valence-electron chi connectivity index (χ2n) is 8.52. The number of rotatable bonds is 10. The van der Waals surface area contributed by atoms with Crippen LogP contribution in [0, 0.1) is 6.92 Å². The van der Waals surface area contributed by atoms with Crippen LogP contribution < -0.4 is 5.32 Å². The summed E-state index contributed by atoms with van der Waals surface area (Å²) in [6.45, 7) is 6.25. The maximum absolute atomic E-state index is 13.2. The van der Waals surface area contributed by atoms with Crippen LogP contribution in [0.15, 0.2) is 42.5 Å². The second kappa shape index (κ2) is 11.5. The molecule has 2 N–H and O–H groups in total. The molecule has 1 saturated heterocycles. The molecule has 5 nitrogen and oxygen atoms in total. The smallest absolute Gasteiger partial charge is 0.326 e. The molecule has 1 aliphatic rings. The number of carboxylic acids is 1. The quantitative estimate of drug-likeness (QED) is 0.530. The van der Waals surface area contributed by atoms with Crippen molar-refractivity contribution in [3.8, 4) is 11.1 Å². The third-order valence-electron chi connectivity index (χ3n) is 6.33. The lowest BCUT2D eigenvalue weighted by Crippen LogP contribution is -2.41. The van der Waals surface area contributed by atoms with Gasteiger partial charge in [-0.1, -0.05) is 37.3 Å². The molecule has 1 fully saturated rings. The molecule has 0 radical (unpaired) electrons. The molecule has 0 bridgehead atoms. The normalized spacial score (nSPS) is 17.3. The lowest BCUT2D eigenvalue weighted by molar-refractivity contribution is -0.139. The van der Waals surface area contributed by atoms with E-state index in [-0.39, 0.29) is 5.91 Å². The Labute approximate surface area is 195 Å². The number of amides is 1. The van der Waals surface area contributed by atoms with E-state index < -0.39 is 12.0 Å². The van der Waals surface area contributed by atoms with Gasteiger partial charge in [-0.2, -0.15) is 11.8 Å². The fourth-order valence-corrected chi connectivity index (χ4v) is 4.99. The number of aryl methyl sites for hydroxylation is 1. The Hall–Kier alpha value is -2.31. The van der Waals surface area contributed by atoms with Gasteiger partial charge in [-0.25, -0.2) is 4.79 Å².